The summed E-state index contributed by atoms with van der Waals surface area (Å²) >= 11 is 0. The molecule has 0 aromatic rings. The van der Waals surface area contributed by atoms with Crippen molar-refractivity contribution in [1.29, 1.82) is 0 Å². The third-order valence-electron chi connectivity index (χ3n) is 5.16. The molecule has 104 valence electrons. The zero-order valence-electron chi connectivity index (χ0n) is 11.6. The zero-order chi connectivity index (χ0) is 12.2. The summed E-state index contributed by atoms with van der Waals surface area (Å²) in [6, 6.07) is 0.843. The van der Waals surface area contributed by atoms with Crippen molar-refractivity contribution in [2.24, 2.45) is 11.8 Å². The molecule has 3 rings (SSSR count). The normalized spacial score (nSPS) is 33.0. The lowest BCUT2D eigenvalue weighted by molar-refractivity contribution is 0.0455. The summed E-state index contributed by atoms with van der Waals surface area (Å²) in [7, 11) is 0. The van der Waals surface area contributed by atoms with Crippen LogP contribution in [0.25, 0.3) is 0 Å². The first kappa shape index (κ1) is 12.9. The van der Waals surface area contributed by atoms with Crippen molar-refractivity contribution >= 4 is 0 Å². The largest absolute Gasteiger partial charge is 0.381 e. The molecule has 0 aromatic carbocycles. The topological polar surface area (TPSA) is 24.5 Å². The average molecular weight is 252 g/mol. The van der Waals surface area contributed by atoms with E-state index in [1.165, 1.54) is 64.7 Å². The predicted molar refractivity (Wildman–Crippen MR) is 73.7 cm³/mol. The zero-order valence-corrected chi connectivity index (χ0v) is 11.6. The molecule has 1 atom stereocenters. The highest BCUT2D eigenvalue weighted by Gasteiger charge is 2.29. The highest BCUT2D eigenvalue weighted by atomic mass is 16.5. The molecule has 0 aromatic heterocycles. The lowest BCUT2D eigenvalue weighted by atomic mass is 9.88. The van der Waals surface area contributed by atoms with Gasteiger partial charge in [0.25, 0.3) is 0 Å². The molecule has 3 aliphatic heterocycles. The Hall–Kier alpha value is -0.120. The van der Waals surface area contributed by atoms with Gasteiger partial charge in [-0.25, -0.2) is 0 Å². The second kappa shape index (κ2) is 6.36. The van der Waals surface area contributed by atoms with E-state index in [2.05, 4.69) is 10.2 Å². The summed E-state index contributed by atoms with van der Waals surface area (Å²) in [6.45, 7) is 7.24. The fourth-order valence-electron chi connectivity index (χ4n) is 3.95. The molecular weight excluding hydrogens is 224 g/mol. The van der Waals surface area contributed by atoms with Crippen LogP contribution < -0.4 is 5.32 Å². The fourth-order valence-corrected chi connectivity index (χ4v) is 3.95. The monoisotopic (exact) mass is 252 g/mol. The summed E-state index contributed by atoms with van der Waals surface area (Å²) in [5.74, 6) is 1.86. The molecule has 0 bridgehead atoms. The van der Waals surface area contributed by atoms with Crippen LogP contribution in [0.5, 0.6) is 0 Å². The lowest BCUT2D eigenvalue weighted by Gasteiger charge is -2.37. The van der Waals surface area contributed by atoms with E-state index >= 15 is 0 Å². The van der Waals surface area contributed by atoms with Crippen molar-refractivity contribution in [3.05, 3.63) is 0 Å². The van der Waals surface area contributed by atoms with Crippen LogP contribution in [-0.4, -0.2) is 50.3 Å². The SMILES string of the molecule is C1CNC(C2CCN(CC3CCOCC3)CC2)C1. The molecule has 3 saturated heterocycles. The van der Waals surface area contributed by atoms with Crippen LogP contribution in [0, 0.1) is 11.8 Å². The van der Waals surface area contributed by atoms with Crippen molar-refractivity contribution in [3.8, 4) is 0 Å². The predicted octanol–water partition coefficient (Wildman–Crippen LogP) is 1.88. The minimum Gasteiger partial charge on any atom is -0.381 e. The van der Waals surface area contributed by atoms with Crippen LogP contribution >= 0.6 is 0 Å². The van der Waals surface area contributed by atoms with Crippen molar-refractivity contribution in [2.75, 3.05) is 39.4 Å². The summed E-state index contributed by atoms with van der Waals surface area (Å²) in [6.07, 6.45) is 8.22. The summed E-state index contributed by atoms with van der Waals surface area (Å²) in [4.78, 5) is 2.71. The van der Waals surface area contributed by atoms with Crippen LogP contribution in [0.4, 0.5) is 0 Å². The highest BCUT2D eigenvalue weighted by molar-refractivity contribution is 4.86. The molecule has 0 saturated carbocycles. The Morgan fingerprint density at radius 2 is 1.78 bits per heavy atom. The number of rotatable bonds is 3. The van der Waals surface area contributed by atoms with E-state index in [1.54, 1.807) is 0 Å². The molecule has 1 N–H and O–H groups in total. The Bertz CT molecular complexity index is 239. The molecule has 0 aliphatic carbocycles. The van der Waals surface area contributed by atoms with Gasteiger partial charge in [-0.05, 0) is 70.0 Å². The van der Waals surface area contributed by atoms with E-state index in [-0.39, 0.29) is 0 Å². The number of hydrogen-bond acceptors (Lipinski definition) is 3. The van der Waals surface area contributed by atoms with Gasteiger partial charge in [-0.1, -0.05) is 0 Å². The molecule has 0 amide bonds. The minimum atomic E-state index is 0.843. The molecule has 3 fully saturated rings. The van der Waals surface area contributed by atoms with Crippen LogP contribution in [0.15, 0.2) is 0 Å². The van der Waals surface area contributed by atoms with Gasteiger partial charge in [0.15, 0.2) is 0 Å². The van der Waals surface area contributed by atoms with Gasteiger partial charge in [0, 0.05) is 25.8 Å². The van der Waals surface area contributed by atoms with E-state index in [0.29, 0.717) is 0 Å². The number of nitrogens with zero attached hydrogens (tertiary/aromatic N) is 1. The molecule has 3 heterocycles. The first-order valence-corrected chi connectivity index (χ1v) is 7.95. The Morgan fingerprint density at radius 1 is 1.00 bits per heavy atom. The molecule has 0 radical (unpaired) electrons. The molecule has 18 heavy (non-hydrogen) atoms. The average Bonchev–Trinajstić information content (AvgIpc) is 2.95. The molecule has 1 unspecified atom stereocenters. The molecule has 3 aliphatic rings. The fraction of sp³-hybridized carbons (Fsp3) is 1.00. The van der Waals surface area contributed by atoms with E-state index in [1.807, 2.05) is 0 Å². The van der Waals surface area contributed by atoms with Crippen LogP contribution in [-0.2, 0) is 4.74 Å². The summed E-state index contributed by atoms with van der Waals surface area (Å²) in [5, 5.41) is 3.69. The second-order valence-corrected chi connectivity index (χ2v) is 6.40. The maximum absolute atomic E-state index is 5.45. The number of ether oxygens (including phenoxy) is 1. The Balaban J connectivity index is 1.39. The van der Waals surface area contributed by atoms with Gasteiger partial charge in [0.05, 0.1) is 0 Å². The van der Waals surface area contributed by atoms with Gasteiger partial charge >= 0.3 is 0 Å². The molecular formula is C15H28N2O. The second-order valence-electron chi connectivity index (χ2n) is 6.40. The Labute approximate surface area is 111 Å². The Kier molecular flexibility index (Phi) is 4.55. The van der Waals surface area contributed by atoms with Crippen LogP contribution in [0.1, 0.15) is 38.5 Å². The van der Waals surface area contributed by atoms with Crippen LogP contribution in [0.3, 0.4) is 0 Å². The number of likely N-dealkylation sites (tertiary alicyclic amines) is 1. The third-order valence-corrected chi connectivity index (χ3v) is 5.16. The van der Waals surface area contributed by atoms with E-state index < -0.39 is 0 Å². The van der Waals surface area contributed by atoms with Gasteiger partial charge in [0.1, 0.15) is 0 Å². The van der Waals surface area contributed by atoms with E-state index in [4.69, 9.17) is 4.74 Å². The standard InChI is InChI=1S/C15H28N2O/c1-2-15(16-7-1)14-3-8-17(9-4-14)12-13-5-10-18-11-6-13/h13-16H,1-12H2. The van der Waals surface area contributed by atoms with Gasteiger partial charge in [-0.2, -0.15) is 0 Å². The number of nitrogens with one attached hydrogen (secondary N) is 1. The van der Waals surface area contributed by atoms with Crippen molar-refractivity contribution in [3.63, 3.8) is 0 Å². The quantitative estimate of drug-likeness (QED) is 0.830. The number of piperidine rings is 1. The van der Waals surface area contributed by atoms with E-state index in [0.717, 1.165) is 31.1 Å². The van der Waals surface area contributed by atoms with E-state index in [9.17, 15) is 0 Å². The summed E-state index contributed by atoms with van der Waals surface area (Å²) in [5.41, 5.74) is 0. The Morgan fingerprint density at radius 3 is 2.44 bits per heavy atom. The highest BCUT2D eigenvalue weighted by Crippen LogP contribution is 2.27. The molecule has 0 spiro atoms. The summed E-state index contributed by atoms with van der Waals surface area (Å²) < 4.78 is 5.45. The smallest absolute Gasteiger partial charge is 0.0469 e. The van der Waals surface area contributed by atoms with Crippen LogP contribution in [0.2, 0.25) is 0 Å². The lowest BCUT2D eigenvalue weighted by Crippen LogP contribution is -2.43. The minimum absolute atomic E-state index is 0.843. The third kappa shape index (κ3) is 3.25. The van der Waals surface area contributed by atoms with Crippen molar-refractivity contribution in [2.45, 2.75) is 44.6 Å². The number of hydrogen-bond donors (Lipinski definition) is 1. The maximum atomic E-state index is 5.45. The maximum Gasteiger partial charge on any atom is 0.0469 e. The van der Waals surface area contributed by atoms with Gasteiger partial charge in [-0.15, -0.1) is 0 Å². The first-order chi connectivity index (χ1) is 8.92. The van der Waals surface area contributed by atoms with Gasteiger partial charge < -0.3 is 15.0 Å². The first-order valence-electron chi connectivity index (χ1n) is 7.95. The van der Waals surface area contributed by atoms with Crippen molar-refractivity contribution < 1.29 is 4.74 Å². The van der Waals surface area contributed by atoms with Gasteiger partial charge in [-0.3, -0.25) is 0 Å². The van der Waals surface area contributed by atoms with Gasteiger partial charge in [0.2, 0.25) is 0 Å². The van der Waals surface area contributed by atoms with Crippen molar-refractivity contribution in [1.82, 2.24) is 10.2 Å². The molecule has 3 heteroatoms. The molecule has 3 nitrogen and oxygen atoms in total.